The van der Waals surface area contributed by atoms with Crippen LogP contribution in [-0.2, 0) is 24.3 Å². The van der Waals surface area contributed by atoms with Crippen LogP contribution in [0.2, 0.25) is 0 Å². The number of rotatable bonds is 14. The molecule has 0 fully saturated rings. The molecule has 35 heavy (non-hydrogen) atoms. The third-order valence-electron chi connectivity index (χ3n) is 6.08. The van der Waals surface area contributed by atoms with Gasteiger partial charge in [-0.2, -0.15) is 0 Å². The maximum Gasteiger partial charge on any atom is 0.338 e. The highest BCUT2D eigenvalue weighted by Crippen LogP contribution is 2.20. The van der Waals surface area contributed by atoms with Crippen molar-refractivity contribution in [3.8, 4) is 5.75 Å². The van der Waals surface area contributed by atoms with Crippen LogP contribution in [0.1, 0.15) is 59.7 Å². The van der Waals surface area contributed by atoms with Crippen molar-refractivity contribution < 1.29 is 19.4 Å². The van der Waals surface area contributed by atoms with E-state index < -0.39 is 6.23 Å². The molecule has 0 bridgehead atoms. The zero-order valence-electron chi connectivity index (χ0n) is 20.9. The van der Waals surface area contributed by atoms with E-state index in [1.54, 1.807) is 12.1 Å². The zero-order valence-corrected chi connectivity index (χ0v) is 20.9. The van der Waals surface area contributed by atoms with Gasteiger partial charge in [0.25, 0.3) is 0 Å². The Morgan fingerprint density at radius 1 is 0.914 bits per heavy atom. The number of hydrogen-bond acceptors (Lipinski definition) is 5. The lowest BCUT2D eigenvalue weighted by atomic mass is 10.1. The molecule has 0 aliphatic carbocycles. The van der Waals surface area contributed by atoms with Crippen LogP contribution in [0.5, 0.6) is 5.75 Å². The largest absolute Gasteiger partial charge is 0.489 e. The highest BCUT2D eigenvalue weighted by molar-refractivity contribution is 5.90. The minimum atomic E-state index is -0.591. The molecule has 0 amide bonds. The lowest BCUT2D eigenvalue weighted by molar-refractivity contribution is -0.00275. The molecule has 0 saturated heterocycles. The summed E-state index contributed by atoms with van der Waals surface area (Å²) < 4.78 is 10.9. The predicted molar refractivity (Wildman–Crippen MR) is 139 cm³/mol. The highest BCUT2D eigenvalue weighted by atomic mass is 16.5. The summed E-state index contributed by atoms with van der Waals surface area (Å²) in [5.41, 5.74) is 3.47. The van der Waals surface area contributed by atoms with Gasteiger partial charge < -0.3 is 14.6 Å². The Bertz CT molecular complexity index is 1040. The van der Waals surface area contributed by atoms with Crippen molar-refractivity contribution in [1.29, 1.82) is 0 Å². The van der Waals surface area contributed by atoms with Crippen LogP contribution < -0.4 is 4.74 Å². The number of benzene rings is 3. The fraction of sp³-hybridized carbons (Fsp3) is 0.367. The van der Waals surface area contributed by atoms with Gasteiger partial charge in [0.1, 0.15) is 18.6 Å². The fourth-order valence-corrected chi connectivity index (χ4v) is 4.11. The van der Waals surface area contributed by atoms with Crippen molar-refractivity contribution in [3.05, 3.63) is 101 Å². The number of aliphatic hydroxyl groups excluding tert-OH is 1. The second-order valence-electron chi connectivity index (χ2n) is 8.79. The molecule has 0 heterocycles. The van der Waals surface area contributed by atoms with E-state index in [0.717, 1.165) is 24.1 Å². The van der Waals surface area contributed by atoms with E-state index in [2.05, 4.69) is 24.0 Å². The summed E-state index contributed by atoms with van der Waals surface area (Å²) >= 11 is 0. The monoisotopic (exact) mass is 475 g/mol. The molecule has 0 aromatic heterocycles. The van der Waals surface area contributed by atoms with E-state index >= 15 is 0 Å². The molecule has 0 radical (unpaired) electrons. The normalized spacial score (nSPS) is 11.9. The van der Waals surface area contributed by atoms with Crippen LogP contribution in [-0.4, -0.2) is 35.9 Å². The molecule has 3 rings (SSSR count). The third-order valence-corrected chi connectivity index (χ3v) is 6.08. The summed E-state index contributed by atoms with van der Waals surface area (Å²) in [6, 6.07) is 25.4. The quantitative estimate of drug-likeness (QED) is 0.176. The summed E-state index contributed by atoms with van der Waals surface area (Å²) in [5.74, 6) is 0.324. The molecule has 0 saturated carbocycles. The molecule has 1 N–H and O–H groups in total. The second kappa shape index (κ2) is 14.3. The highest BCUT2D eigenvalue weighted by Gasteiger charge is 2.17. The third kappa shape index (κ3) is 8.53. The van der Waals surface area contributed by atoms with Crippen LogP contribution in [0.4, 0.5) is 0 Å². The van der Waals surface area contributed by atoms with Gasteiger partial charge >= 0.3 is 5.97 Å². The molecule has 0 aliphatic rings. The Morgan fingerprint density at radius 2 is 1.66 bits per heavy atom. The Balaban J connectivity index is 1.64. The van der Waals surface area contributed by atoms with Gasteiger partial charge in [-0.05, 0) is 35.7 Å². The van der Waals surface area contributed by atoms with Crippen LogP contribution in [0, 0.1) is 0 Å². The van der Waals surface area contributed by atoms with Gasteiger partial charge in [-0.15, -0.1) is 0 Å². The summed E-state index contributed by atoms with van der Waals surface area (Å²) in [6.07, 6.45) is 4.57. The van der Waals surface area contributed by atoms with Crippen LogP contribution >= 0.6 is 0 Å². The van der Waals surface area contributed by atoms with E-state index in [0.29, 0.717) is 24.3 Å². The number of methoxy groups -OCH3 is 1. The lowest BCUT2D eigenvalue weighted by Gasteiger charge is -2.28. The number of carbonyl (C=O) groups is 1. The predicted octanol–water partition coefficient (Wildman–Crippen LogP) is 6.00. The SMILES string of the molecule is CCCCCCN(Cc1ccccc1)C(O)Cc1cccc(OCc2ccccc2C(=O)OC)c1. The molecular formula is C30H37NO4. The van der Waals surface area contributed by atoms with E-state index in [-0.39, 0.29) is 12.6 Å². The molecule has 1 unspecified atom stereocenters. The molecule has 186 valence electrons. The van der Waals surface area contributed by atoms with Crippen molar-refractivity contribution in [2.75, 3.05) is 13.7 Å². The average molecular weight is 476 g/mol. The number of nitrogens with zero attached hydrogens (tertiary/aromatic N) is 1. The Hall–Kier alpha value is -3.15. The minimum absolute atomic E-state index is 0.259. The van der Waals surface area contributed by atoms with Crippen molar-refractivity contribution in [1.82, 2.24) is 4.90 Å². The number of aliphatic hydroxyl groups is 1. The minimum Gasteiger partial charge on any atom is -0.489 e. The molecule has 5 heteroatoms. The number of ether oxygens (including phenoxy) is 2. The summed E-state index contributed by atoms with van der Waals surface area (Å²) in [6.45, 7) is 4.04. The lowest BCUT2D eigenvalue weighted by Crippen LogP contribution is -2.37. The van der Waals surface area contributed by atoms with Gasteiger partial charge in [0.05, 0.1) is 12.7 Å². The summed E-state index contributed by atoms with van der Waals surface area (Å²) in [7, 11) is 1.37. The topological polar surface area (TPSA) is 59.0 Å². The van der Waals surface area contributed by atoms with Gasteiger partial charge in [-0.1, -0.05) is 86.8 Å². The number of carbonyl (C=O) groups excluding carboxylic acids is 1. The molecule has 1 atom stereocenters. The standard InChI is InChI=1S/C30H37NO4/c1-3-4-5-11-19-31(22-24-13-7-6-8-14-24)29(32)21-25-15-12-17-27(20-25)35-23-26-16-9-10-18-28(26)30(33)34-2/h6-10,12-18,20,29,32H,3-5,11,19,21-23H2,1-2H3. The summed E-state index contributed by atoms with van der Waals surface area (Å²) in [5, 5.41) is 11.1. The first kappa shape index (κ1) is 26.5. The smallest absolute Gasteiger partial charge is 0.338 e. The maximum atomic E-state index is 12.0. The first-order valence-electron chi connectivity index (χ1n) is 12.4. The van der Waals surface area contributed by atoms with Crippen molar-refractivity contribution in [2.24, 2.45) is 0 Å². The van der Waals surface area contributed by atoms with Crippen LogP contribution in [0.25, 0.3) is 0 Å². The second-order valence-corrected chi connectivity index (χ2v) is 8.79. The van der Waals surface area contributed by atoms with Gasteiger partial charge in [0, 0.05) is 25.1 Å². The number of hydrogen-bond donors (Lipinski definition) is 1. The summed E-state index contributed by atoms with van der Waals surface area (Å²) in [4.78, 5) is 14.2. The fourth-order valence-electron chi connectivity index (χ4n) is 4.11. The van der Waals surface area contributed by atoms with Crippen LogP contribution in [0.15, 0.2) is 78.9 Å². The molecule has 3 aromatic carbocycles. The molecule has 0 aliphatic heterocycles. The van der Waals surface area contributed by atoms with Crippen molar-refractivity contribution >= 4 is 5.97 Å². The first-order chi connectivity index (χ1) is 17.1. The molecule has 5 nitrogen and oxygen atoms in total. The van der Waals surface area contributed by atoms with E-state index in [4.69, 9.17) is 9.47 Å². The van der Waals surface area contributed by atoms with E-state index in [9.17, 15) is 9.90 Å². The van der Waals surface area contributed by atoms with Gasteiger partial charge in [0.15, 0.2) is 0 Å². The van der Waals surface area contributed by atoms with Gasteiger partial charge in [-0.3, -0.25) is 4.90 Å². The van der Waals surface area contributed by atoms with Crippen molar-refractivity contribution in [3.63, 3.8) is 0 Å². The maximum absolute atomic E-state index is 12.0. The van der Waals surface area contributed by atoms with Gasteiger partial charge in [0.2, 0.25) is 0 Å². The Labute approximate surface area is 209 Å². The first-order valence-corrected chi connectivity index (χ1v) is 12.4. The Kier molecular flexibility index (Phi) is 10.8. The van der Waals surface area contributed by atoms with E-state index in [1.165, 1.54) is 31.9 Å². The number of unbranched alkanes of at least 4 members (excludes halogenated alkanes) is 3. The zero-order chi connectivity index (χ0) is 24.9. The molecule has 0 spiro atoms. The molecular weight excluding hydrogens is 438 g/mol. The average Bonchev–Trinajstić information content (AvgIpc) is 2.89. The Morgan fingerprint density at radius 3 is 2.43 bits per heavy atom. The van der Waals surface area contributed by atoms with Crippen molar-refractivity contribution in [2.45, 2.75) is 58.4 Å². The number of esters is 1. The molecule has 3 aromatic rings. The van der Waals surface area contributed by atoms with Gasteiger partial charge in [-0.25, -0.2) is 4.79 Å². The van der Waals surface area contributed by atoms with Crippen LogP contribution in [0.3, 0.4) is 0 Å². The van der Waals surface area contributed by atoms with E-state index in [1.807, 2.05) is 54.6 Å².